The first-order valence-electron chi connectivity index (χ1n) is 6.61. The van der Waals surface area contributed by atoms with Crippen LogP contribution in [-0.4, -0.2) is 24.0 Å². The van der Waals surface area contributed by atoms with Gasteiger partial charge in [-0.1, -0.05) is 15.9 Å². The number of rotatable bonds is 3. The lowest BCUT2D eigenvalue weighted by Crippen LogP contribution is -2.30. The zero-order chi connectivity index (χ0) is 12.7. The summed E-state index contributed by atoms with van der Waals surface area (Å²) in [5, 5.41) is 0. The van der Waals surface area contributed by atoms with Gasteiger partial charge in [0.25, 0.3) is 0 Å². The molecule has 2 atom stereocenters. The molecule has 2 fully saturated rings. The van der Waals surface area contributed by atoms with Gasteiger partial charge in [-0.25, -0.2) is 4.39 Å². The summed E-state index contributed by atoms with van der Waals surface area (Å²) in [5.74, 6) is 0.287. The zero-order valence-corrected chi connectivity index (χ0v) is 11.9. The SMILES string of the molecule is NCC1CCN(C2CC2)C1c1cc(F)ccc1Br. The van der Waals surface area contributed by atoms with E-state index in [2.05, 4.69) is 20.8 Å². The quantitative estimate of drug-likeness (QED) is 0.929. The molecule has 4 heteroatoms. The topological polar surface area (TPSA) is 29.3 Å². The lowest BCUT2D eigenvalue weighted by Gasteiger charge is -2.29. The fraction of sp³-hybridized carbons (Fsp3) is 0.571. The van der Waals surface area contributed by atoms with Crippen molar-refractivity contribution in [3.05, 3.63) is 34.1 Å². The maximum absolute atomic E-state index is 13.5. The second-order valence-corrected chi connectivity index (χ2v) is 6.22. The summed E-state index contributed by atoms with van der Waals surface area (Å²) in [5.41, 5.74) is 6.96. The van der Waals surface area contributed by atoms with E-state index in [4.69, 9.17) is 5.73 Å². The summed E-state index contributed by atoms with van der Waals surface area (Å²) in [6, 6.07) is 5.95. The Morgan fingerprint density at radius 3 is 2.78 bits per heavy atom. The largest absolute Gasteiger partial charge is 0.330 e. The molecular formula is C14H18BrFN2. The molecule has 0 bridgehead atoms. The molecule has 2 N–H and O–H groups in total. The van der Waals surface area contributed by atoms with Crippen molar-refractivity contribution in [3.63, 3.8) is 0 Å². The lowest BCUT2D eigenvalue weighted by atomic mass is 9.93. The number of nitrogens with two attached hydrogens (primary N) is 1. The van der Waals surface area contributed by atoms with Crippen LogP contribution in [0.2, 0.25) is 0 Å². The molecule has 0 aromatic heterocycles. The predicted molar refractivity (Wildman–Crippen MR) is 73.7 cm³/mol. The summed E-state index contributed by atoms with van der Waals surface area (Å²) >= 11 is 3.56. The van der Waals surface area contributed by atoms with Gasteiger partial charge < -0.3 is 5.73 Å². The van der Waals surface area contributed by atoms with Crippen molar-refractivity contribution in [3.8, 4) is 0 Å². The van der Waals surface area contributed by atoms with Crippen molar-refractivity contribution < 1.29 is 4.39 Å². The van der Waals surface area contributed by atoms with E-state index in [-0.39, 0.29) is 11.9 Å². The van der Waals surface area contributed by atoms with Gasteiger partial charge in [0.15, 0.2) is 0 Å². The van der Waals surface area contributed by atoms with Crippen LogP contribution in [0.15, 0.2) is 22.7 Å². The van der Waals surface area contributed by atoms with Crippen LogP contribution in [0.4, 0.5) is 4.39 Å². The number of benzene rings is 1. The summed E-state index contributed by atoms with van der Waals surface area (Å²) < 4.78 is 14.5. The van der Waals surface area contributed by atoms with Crippen LogP contribution >= 0.6 is 15.9 Å². The molecule has 0 radical (unpaired) electrons. The molecule has 18 heavy (non-hydrogen) atoms. The number of hydrogen-bond acceptors (Lipinski definition) is 2. The Kier molecular flexibility index (Phi) is 3.43. The zero-order valence-electron chi connectivity index (χ0n) is 10.3. The molecule has 2 unspecified atom stereocenters. The highest BCUT2D eigenvalue weighted by Gasteiger charge is 2.42. The van der Waals surface area contributed by atoms with Gasteiger partial charge >= 0.3 is 0 Å². The van der Waals surface area contributed by atoms with Gasteiger partial charge in [-0.2, -0.15) is 0 Å². The smallest absolute Gasteiger partial charge is 0.123 e. The molecule has 1 saturated heterocycles. The van der Waals surface area contributed by atoms with E-state index in [1.165, 1.54) is 18.9 Å². The molecule has 2 nitrogen and oxygen atoms in total. The van der Waals surface area contributed by atoms with Crippen LogP contribution in [-0.2, 0) is 0 Å². The molecule has 1 saturated carbocycles. The highest BCUT2D eigenvalue weighted by Crippen LogP contribution is 2.45. The van der Waals surface area contributed by atoms with Crippen molar-refractivity contribution in [1.29, 1.82) is 0 Å². The number of hydrogen-bond donors (Lipinski definition) is 1. The van der Waals surface area contributed by atoms with Gasteiger partial charge in [0.05, 0.1) is 0 Å². The van der Waals surface area contributed by atoms with Crippen molar-refractivity contribution in [1.82, 2.24) is 4.90 Å². The third-order valence-corrected chi connectivity index (χ3v) is 4.88. The highest BCUT2D eigenvalue weighted by molar-refractivity contribution is 9.10. The summed E-state index contributed by atoms with van der Waals surface area (Å²) in [4.78, 5) is 2.52. The molecule has 3 rings (SSSR count). The monoisotopic (exact) mass is 312 g/mol. The van der Waals surface area contributed by atoms with Crippen molar-refractivity contribution in [2.75, 3.05) is 13.1 Å². The van der Waals surface area contributed by atoms with Crippen LogP contribution in [0.25, 0.3) is 0 Å². The molecule has 0 spiro atoms. The third kappa shape index (κ3) is 2.22. The molecule has 1 aliphatic carbocycles. The normalized spacial score (nSPS) is 28.8. The fourth-order valence-electron chi connectivity index (χ4n) is 3.12. The molecular weight excluding hydrogens is 295 g/mol. The summed E-state index contributed by atoms with van der Waals surface area (Å²) in [7, 11) is 0. The maximum Gasteiger partial charge on any atom is 0.123 e. The Morgan fingerprint density at radius 2 is 2.11 bits per heavy atom. The van der Waals surface area contributed by atoms with Crippen LogP contribution in [0.5, 0.6) is 0 Å². The number of nitrogens with zero attached hydrogens (tertiary/aromatic N) is 1. The summed E-state index contributed by atoms with van der Waals surface area (Å²) in [6.07, 6.45) is 3.68. The van der Waals surface area contributed by atoms with Crippen molar-refractivity contribution >= 4 is 15.9 Å². The fourth-order valence-corrected chi connectivity index (χ4v) is 3.60. The molecule has 1 aromatic rings. The van der Waals surface area contributed by atoms with Crippen molar-refractivity contribution in [2.24, 2.45) is 11.7 Å². The third-order valence-electron chi connectivity index (χ3n) is 4.16. The summed E-state index contributed by atoms with van der Waals surface area (Å²) in [6.45, 7) is 1.77. The van der Waals surface area contributed by atoms with Crippen LogP contribution in [0.3, 0.4) is 0 Å². The Morgan fingerprint density at radius 1 is 1.33 bits per heavy atom. The van der Waals surface area contributed by atoms with Gasteiger partial charge in [0.2, 0.25) is 0 Å². The van der Waals surface area contributed by atoms with Crippen molar-refractivity contribution in [2.45, 2.75) is 31.3 Å². The standard InChI is InChI=1S/C14H18BrFN2/c15-13-4-1-10(16)7-12(13)14-9(8-17)5-6-18(14)11-2-3-11/h1,4,7,9,11,14H,2-3,5-6,8,17H2. The van der Waals surface area contributed by atoms with Gasteiger partial charge in [-0.15, -0.1) is 0 Å². The Labute approximate surface area is 115 Å². The average molecular weight is 313 g/mol. The second kappa shape index (κ2) is 4.91. The molecule has 1 heterocycles. The minimum Gasteiger partial charge on any atom is -0.330 e. The minimum atomic E-state index is -0.161. The Balaban J connectivity index is 1.97. The number of halogens is 2. The van der Waals surface area contributed by atoms with E-state index < -0.39 is 0 Å². The van der Waals surface area contributed by atoms with E-state index in [1.807, 2.05) is 6.07 Å². The minimum absolute atomic E-state index is 0.161. The Bertz CT molecular complexity index is 447. The first-order valence-corrected chi connectivity index (χ1v) is 7.40. The molecule has 2 aliphatic rings. The number of likely N-dealkylation sites (tertiary alicyclic amines) is 1. The molecule has 0 amide bonds. The second-order valence-electron chi connectivity index (χ2n) is 5.36. The maximum atomic E-state index is 13.5. The van der Waals surface area contributed by atoms with E-state index in [0.29, 0.717) is 18.5 Å². The average Bonchev–Trinajstić information content (AvgIpc) is 3.12. The van der Waals surface area contributed by atoms with Crippen LogP contribution in [0.1, 0.15) is 30.9 Å². The molecule has 98 valence electrons. The Hall–Kier alpha value is -0.450. The van der Waals surface area contributed by atoms with Gasteiger partial charge in [-0.05, 0) is 62.0 Å². The lowest BCUT2D eigenvalue weighted by molar-refractivity contribution is 0.219. The first kappa shape index (κ1) is 12.6. The van der Waals surface area contributed by atoms with Gasteiger partial charge in [0.1, 0.15) is 5.82 Å². The van der Waals surface area contributed by atoms with Gasteiger partial charge in [-0.3, -0.25) is 4.90 Å². The van der Waals surface area contributed by atoms with Gasteiger partial charge in [0, 0.05) is 16.6 Å². The van der Waals surface area contributed by atoms with Crippen LogP contribution < -0.4 is 5.73 Å². The van der Waals surface area contributed by atoms with E-state index in [1.54, 1.807) is 6.07 Å². The van der Waals surface area contributed by atoms with Crippen LogP contribution in [0, 0.1) is 11.7 Å². The first-order chi connectivity index (χ1) is 8.70. The van der Waals surface area contributed by atoms with E-state index in [9.17, 15) is 4.39 Å². The van der Waals surface area contributed by atoms with E-state index >= 15 is 0 Å². The highest BCUT2D eigenvalue weighted by atomic mass is 79.9. The van der Waals surface area contributed by atoms with E-state index in [0.717, 1.165) is 23.0 Å². The predicted octanol–water partition coefficient (Wildman–Crippen LogP) is 3.07. The molecule has 1 aromatic carbocycles. The molecule has 1 aliphatic heterocycles.